The number of rotatable bonds is 1. The second-order valence-corrected chi connectivity index (χ2v) is 2.50. The Bertz CT molecular complexity index is 368. The van der Waals surface area contributed by atoms with E-state index in [0.29, 0.717) is 5.89 Å². The second kappa shape index (κ2) is 2.77. The summed E-state index contributed by atoms with van der Waals surface area (Å²) >= 11 is 0. The van der Waals surface area contributed by atoms with Gasteiger partial charge in [0.25, 0.3) is 0 Å². The average Bonchev–Trinajstić information content (AvgIpc) is 2.56. The van der Waals surface area contributed by atoms with Gasteiger partial charge in [0.2, 0.25) is 5.89 Å². The van der Waals surface area contributed by atoms with Crippen LogP contribution in [-0.2, 0) is 0 Å². The lowest BCUT2D eigenvalue weighted by Crippen LogP contribution is -1.85. The molecule has 0 aliphatic heterocycles. The monoisotopic (exact) mass is 160 g/mol. The third-order valence-electron chi connectivity index (χ3n) is 1.54. The van der Waals surface area contributed by atoms with Crippen molar-refractivity contribution < 1.29 is 4.42 Å². The van der Waals surface area contributed by atoms with E-state index >= 15 is 0 Å². The van der Waals surface area contributed by atoms with Gasteiger partial charge in [-0.3, -0.25) is 0 Å². The van der Waals surface area contributed by atoms with E-state index in [1.807, 2.05) is 25.1 Å². The highest BCUT2D eigenvalue weighted by atomic mass is 16.3. The molecule has 2 rings (SSSR count). The van der Waals surface area contributed by atoms with Crippen LogP contribution in [0.1, 0.15) is 5.69 Å². The highest BCUT2D eigenvalue weighted by molar-refractivity contribution is 5.46. The highest BCUT2D eigenvalue weighted by Gasteiger charge is 2.01. The molecule has 2 aromatic heterocycles. The van der Waals surface area contributed by atoms with E-state index in [2.05, 4.69) is 9.97 Å². The van der Waals surface area contributed by atoms with Crippen LogP contribution in [0.25, 0.3) is 11.6 Å². The van der Waals surface area contributed by atoms with E-state index in [9.17, 15) is 0 Å². The van der Waals surface area contributed by atoms with E-state index in [4.69, 9.17) is 4.42 Å². The quantitative estimate of drug-likeness (QED) is 0.640. The minimum atomic E-state index is 0.568. The number of hydrogen-bond acceptors (Lipinski definition) is 3. The Balaban J connectivity index is 2.48. The first kappa shape index (κ1) is 7.03. The molecule has 3 heteroatoms. The Morgan fingerprint density at radius 2 is 2.25 bits per heavy atom. The van der Waals surface area contributed by atoms with Gasteiger partial charge in [-0.1, -0.05) is 6.07 Å². The van der Waals surface area contributed by atoms with Gasteiger partial charge in [0.1, 0.15) is 12.0 Å². The van der Waals surface area contributed by atoms with Gasteiger partial charge in [0.05, 0.1) is 6.20 Å². The van der Waals surface area contributed by atoms with Crippen LogP contribution in [0.4, 0.5) is 0 Å². The molecule has 0 atom stereocenters. The van der Waals surface area contributed by atoms with E-state index in [1.54, 1.807) is 12.5 Å². The third kappa shape index (κ3) is 1.21. The Kier molecular flexibility index (Phi) is 1.63. The van der Waals surface area contributed by atoms with E-state index in [0.717, 1.165) is 11.4 Å². The zero-order valence-electron chi connectivity index (χ0n) is 6.69. The maximum absolute atomic E-state index is 5.10. The third-order valence-corrected chi connectivity index (χ3v) is 1.54. The molecule has 0 N–H and O–H groups in total. The molecule has 2 aromatic rings. The SMILES string of the molecule is Cc1cccc(-c2ncco2)n1. The van der Waals surface area contributed by atoms with Crippen molar-refractivity contribution in [3.05, 3.63) is 36.4 Å². The van der Waals surface area contributed by atoms with Crippen LogP contribution >= 0.6 is 0 Å². The highest BCUT2D eigenvalue weighted by Crippen LogP contribution is 2.13. The molecule has 12 heavy (non-hydrogen) atoms. The number of oxazole rings is 1. The van der Waals surface area contributed by atoms with Crippen LogP contribution in [0, 0.1) is 6.92 Å². The minimum absolute atomic E-state index is 0.568. The molecule has 0 radical (unpaired) electrons. The summed E-state index contributed by atoms with van der Waals surface area (Å²) < 4.78 is 5.10. The molecule has 0 amide bonds. The zero-order chi connectivity index (χ0) is 8.39. The van der Waals surface area contributed by atoms with Gasteiger partial charge < -0.3 is 4.42 Å². The first-order valence-electron chi connectivity index (χ1n) is 3.70. The molecule has 0 aromatic carbocycles. The summed E-state index contributed by atoms with van der Waals surface area (Å²) in [7, 11) is 0. The van der Waals surface area contributed by atoms with Crippen molar-refractivity contribution >= 4 is 0 Å². The molecule has 0 saturated carbocycles. The van der Waals surface area contributed by atoms with Crippen molar-refractivity contribution in [2.24, 2.45) is 0 Å². The molecular formula is C9H8N2O. The predicted octanol–water partition coefficient (Wildman–Crippen LogP) is 2.05. The molecular weight excluding hydrogens is 152 g/mol. The fourth-order valence-electron chi connectivity index (χ4n) is 1.01. The molecule has 60 valence electrons. The van der Waals surface area contributed by atoms with Gasteiger partial charge in [0, 0.05) is 5.69 Å². The summed E-state index contributed by atoms with van der Waals surface area (Å²) in [6.07, 6.45) is 3.15. The van der Waals surface area contributed by atoms with Gasteiger partial charge in [-0.2, -0.15) is 0 Å². The zero-order valence-corrected chi connectivity index (χ0v) is 6.69. The van der Waals surface area contributed by atoms with Crippen LogP contribution in [0.3, 0.4) is 0 Å². The molecule has 0 aliphatic rings. The number of aryl methyl sites for hydroxylation is 1. The summed E-state index contributed by atoms with van der Waals surface area (Å²) in [5, 5.41) is 0. The lowest BCUT2D eigenvalue weighted by molar-refractivity contribution is 0.572. The summed E-state index contributed by atoms with van der Waals surface area (Å²) in [5.74, 6) is 0.568. The van der Waals surface area contributed by atoms with Crippen LogP contribution in [0.5, 0.6) is 0 Å². The Hall–Kier alpha value is -1.64. The Morgan fingerprint density at radius 1 is 1.33 bits per heavy atom. The van der Waals surface area contributed by atoms with E-state index in [1.165, 1.54) is 0 Å². The predicted molar refractivity (Wildman–Crippen MR) is 44.5 cm³/mol. The largest absolute Gasteiger partial charge is 0.443 e. The molecule has 0 unspecified atom stereocenters. The lowest BCUT2D eigenvalue weighted by atomic mass is 10.3. The molecule has 0 aliphatic carbocycles. The molecule has 0 saturated heterocycles. The number of pyridine rings is 1. The van der Waals surface area contributed by atoms with E-state index < -0.39 is 0 Å². The maximum atomic E-state index is 5.10. The van der Waals surface area contributed by atoms with Crippen LogP contribution in [0.15, 0.2) is 35.1 Å². The number of nitrogens with zero attached hydrogens (tertiary/aromatic N) is 2. The maximum Gasteiger partial charge on any atom is 0.244 e. The summed E-state index contributed by atoms with van der Waals surface area (Å²) in [6, 6.07) is 5.74. The molecule has 0 fully saturated rings. The normalized spacial score (nSPS) is 10.1. The molecule has 2 heterocycles. The molecule has 0 bridgehead atoms. The first-order chi connectivity index (χ1) is 5.86. The fraction of sp³-hybridized carbons (Fsp3) is 0.111. The number of hydrogen-bond donors (Lipinski definition) is 0. The van der Waals surface area contributed by atoms with Gasteiger partial charge in [-0.05, 0) is 19.1 Å². The number of aromatic nitrogens is 2. The second-order valence-electron chi connectivity index (χ2n) is 2.50. The minimum Gasteiger partial charge on any atom is -0.443 e. The van der Waals surface area contributed by atoms with Crippen molar-refractivity contribution in [1.82, 2.24) is 9.97 Å². The van der Waals surface area contributed by atoms with Crippen molar-refractivity contribution in [1.29, 1.82) is 0 Å². The van der Waals surface area contributed by atoms with Crippen molar-refractivity contribution in [3.8, 4) is 11.6 Å². The fourth-order valence-corrected chi connectivity index (χ4v) is 1.01. The van der Waals surface area contributed by atoms with Gasteiger partial charge in [-0.15, -0.1) is 0 Å². The molecule has 0 spiro atoms. The van der Waals surface area contributed by atoms with Crippen molar-refractivity contribution in [2.45, 2.75) is 6.92 Å². The smallest absolute Gasteiger partial charge is 0.244 e. The Morgan fingerprint density at radius 3 is 2.92 bits per heavy atom. The van der Waals surface area contributed by atoms with Crippen molar-refractivity contribution in [3.63, 3.8) is 0 Å². The average molecular weight is 160 g/mol. The lowest BCUT2D eigenvalue weighted by Gasteiger charge is -1.94. The van der Waals surface area contributed by atoms with Crippen LogP contribution < -0.4 is 0 Å². The summed E-state index contributed by atoms with van der Waals surface area (Å²) in [5.41, 5.74) is 1.74. The van der Waals surface area contributed by atoms with Crippen molar-refractivity contribution in [2.75, 3.05) is 0 Å². The topological polar surface area (TPSA) is 38.9 Å². The first-order valence-corrected chi connectivity index (χ1v) is 3.70. The van der Waals surface area contributed by atoms with Gasteiger partial charge in [-0.25, -0.2) is 9.97 Å². The van der Waals surface area contributed by atoms with Crippen LogP contribution in [0.2, 0.25) is 0 Å². The van der Waals surface area contributed by atoms with E-state index in [-0.39, 0.29) is 0 Å². The summed E-state index contributed by atoms with van der Waals surface area (Å²) in [4.78, 5) is 8.26. The van der Waals surface area contributed by atoms with Crippen LogP contribution in [-0.4, -0.2) is 9.97 Å². The Labute approximate surface area is 70.1 Å². The standard InChI is InChI=1S/C9H8N2O/c1-7-3-2-4-8(11-7)9-10-5-6-12-9/h2-6H,1H3. The van der Waals surface area contributed by atoms with Gasteiger partial charge in [0.15, 0.2) is 0 Å². The summed E-state index contributed by atoms with van der Waals surface area (Å²) in [6.45, 7) is 1.94. The van der Waals surface area contributed by atoms with Gasteiger partial charge >= 0.3 is 0 Å². The molecule has 3 nitrogen and oxygen atoms in total.